The van der Waals surface area contributed by atoms with Gasteiger partial charge in [-0.1, -0.05) is 36.5 Å². The molecule has 0 radical (unpaired) electrons. The lowest BCUT2D eigenvalue weighted by Crippen LogP contribution is -2.34. The molecule has 0 fully saturated rings. The van der Waals surface area contributed by atoms with Crippen molar-refractivity contribution in [3.63, 3.8) is 0 Å². The van der Waals surface area contributed by atoms with E-state index in [9.17, 15) is 10.1 Å². The van der Waals surface area contributed by atoms with Gasteiger partial charge in [0.15, 0.2) is 0 Å². The highest BCUT2D eigenvalue weighted by atomic mass is 32.2. The number of thioether (sulfide) groups is 1. The summed E-state index contributed by atoms with van der Waals surface area (Å²) in [5, 5.41) is 16.8. The lowest BCUT2D eigenvalue weighted by Gasteiger charge is -2.30. The van der Waals surface area contributed by atoms with Crippen LogP contribution in [0.2, 0.25) is 0 Å². The van der Waals surface area contributed by atoms with Gasteiger partial charge in [0.2, 0.25) is 5.91 Å². The Morgan fingerprint density at radius 2 is 2.18 bits per heavy atom. The van der Waals surface area contributed by atoms with Crippen LogP contribution in [0.1, 0.15) is 48.1 Å². The van der Waals surface area contributed by atoms with Gasteiger partial charge in [-0.3, -0.25) is 9.69 Å². The number of hydrazone groups is 1. The highest BCUT2D eigenvalue weighted by Crippen LogP contribution is 2.35. The molecule has 34 heavy (non-hydrogen) atoms. The molecule has 0 atom stereocenters. The molecule has 0 spiro atoms. The second-order valence-corrected chi connectivity index (χ2v) is 9.43. The quantitative estimate of drug-likeness (QED) is 0.259. The van der Waals surface area contributed by atoms with Crippen LogP contribution in [0.3, 0.4) is 0 Å². The van der Waals surface area contributed by atoms with E-state index >= 15 is 0 Å². The smallest absolute Gasteiger partial charge is 0.221 e. The number of nitrogens with zero attached hydrogens (tertiary/aromatic N) is 3. The lowest BCUT2D eigenvalue weighted by molar-refractivity contribution is -0.121. The number of amides is 1. The summed E-state index contributed by atoms with van der Waals surface area (Å²) in [6.07, 6.45) is 1.35. The topological polar surface area (TPSA) is 104 Å². The number of nitrogens with two attached hydrogens (primary N) is 1. The lowest BCUT2D eigenvalue weighted by atomic mass is 9.94. The third-order valence-electron chi connectivity index (χ3n) is 5.63. The van der Waals surface area contributed by atoms with Crippen LogP contribution in [0.4, 0.5) is 0 Å². The molecule has 7 nitrogen and oxygen atoms in total. The molecule has 0 aromatic heterocycles. The van der Waals surface area contributed by atoms with Crippen molar-refractivity contribution in [1.82, 2.24) is 10.2 Å². The van der Waals surface area contributed by atoms with Crippen molar-refractivity contribution in [2.24, 2.45) is 10.9 Å². The fraction of sp³-hybridized carbons (Fsp3) is 0.346. The molecule has 0 bridgehead atoms. The van der Waals surface area contributed by atoms with Crippen LogP contribution in [-0.4, -0.2) is 42.1 Å². The Balaban J connectivity index is 1.76. The number of rotatable bonds is 8. The maximum absolute atomic E-state index is 11.6. The molecular formula is C26H31N5O2S. The van der Waals surface area contributed by atoms with Crippen LogP contribution in [0, 0.1) is 11.3 Å². The maximum Gasteiger partial charge on any atom is 0.221 e. The third kappa shape index (κ3) is 6.19. The predicted molar refractivity (Wildman–Crippen MR) is 138 cm³/mol. The number of hydrogen-bond acceptors (Lipinski definition) is 7. The van der Waals surface area contributed by atoms with Gasteiger partial charge in [0.05, 0.1) is 11.7 Å². The van der Waals surface area contributed by atoms with E-state index < -0.39 is 0 Å². The molecule has 2 aromatic carbocycles. The van der Waals surface area contributed by atoms with Crippen LogP contribution in [-0.2, 0) is 17.8 Å². The maximum atomic E-state index is 11.6. The minimum atomic E-state index is -0.0290. The molecule has 1 amide bonds. The molecule has 1 aliphatic heterocycles. The standard InChI is InChI=1S/C26H31N5O2S/c1-17(2)33-24-9-8-19(14-21(24)15-27)26(30-28)34-18(3)22-7-5-6-20-16-31(12-10-23(20)22)13-11-25(32)29-4/h5-9,14,17H,3,10-13,16,28H2,1-2,4H3,(H,29,32)/b30-26-. The van der Waals surface area contributed by atoms with E-state index in [1.807, 2.05) is 26.0 Å². The second-order valence-electron chi connectivity index (χ2n) is 8.34. The average Bonchev–Trinajstić information content (AvgIpc) is 2.85. The Hall–Kier alpha value is -3.28. The molecular weight excluding hydrogens is 446 g/mol. The molecule has 2 aromatic rings. The largest absolute Gasteiger partial charge is 0.490 e. The molecule has 0 unspecified atom stereocenters. The van der Waals surface area contributed by atoms with Crippen LogP contribution < -0.4 is 15.9 Å². The van der Waals surface area contributed by atoms with Gasteiger partial charge in [-0.05, 0) is 55.2 Å². The minimum absolute atomic E-state index is 0.0290. The summed E-state index contributed by atoms with van der Waals surface area (Å²) in [4.78, 5) is 14.7. The summed E-state index contributed by atoms with van der Waals surface area (Å²) in [6, 6.07) is 13.8. The fourth-order valence-electron chi connectivity index (χ4n) is 3.94. The van der Waals surface area contributed by atoms with Crippen molar-refractivity contribution in [2.75, 3.05) is 20.1 Å². The molecule has 1 heterocycles. The van der Waals surface area contributed by atoms with Gasteiger partial charge >= 0.3 is 0 Å². The number of benzene rings is 2. The Morgan fingerprint density at radius 3 is 2.85 bits per heavy atom. The van der Waals surface area contributed by atoms with Crippen LogP contribution in [0.15, 0.2) is 48.1 Å². The predicted octanol–water partition coefficient (Wildman–Crippen LogP) is 3.86. The van der Waals surface area contributed by atoms with Gasteiger partial charge in [0.25, 0.3) is 0 Å². The van der Waals surface area contributed by atoms with Gasteiger partial charge in [-0.25, -0.2) is 0 Å². The van der Waals surface area contributed by atoms with Gasteiger partial charge in [0, 0.05) is 43.6 Å². The molecule has 8 heteroatoms. The first-order valence-corrected chi connectivity index (χ1v) is 12.1. The molecule has 0 saturated heterocycles. The minimum Gasteiger partial charge on any atom is -0.490 e. The number of carbonyl (C=O) groups excluding carboxylic acids is 1. The highest BCUT2D eigenvalue weighted by Gasteiger charge is 2.21. The average molecular weight is 478 g/mol. The summed E-state index contributed by atoms with van der Waals surface area (Å²) in [6.45, 7) is 10.6. The number of hydrogen-bond donors (Lipinski definition) is 2. The summed E-state index contributed by atoms with van der Waals surface area (Å²) in [5.41, 5.74) is 4.77. The fourth-order valence-corrected chi connectivity index (χ4v) is 4.78. The van der Waals surface area contributed by atoms with Gasteiger partial charge in [-0.15, -0.1) is 0 Å². The first kappa shape index (κ1) is 25.3. The van der Waals surface area contributed by atoms with E-state index in [4.69, 9.17) is 10.6 Å². The van der Waals surface area contributed by atoms with Crippen LogP contribution in [0.5, 0.6) is 5.75 Å². The first-order chi connectivity index (χ1) is 16.4. The summed E-state index contributed by atoms with van der Waals surface area (Å²) in [5.74, 6) is 6.34. The number of ether oxygens (including phenoxy) is 1. The van der Waals surface area contributed by atoms with E-state index in [0.29, 0.717) is 22.8 Å². The summed E-state index contributed by atoms with van der Waals surface area (Å²) in [7, 11) is 1.66. The first-order valence-electron chi connectivity index (χ1n) is 11.3. The van der Waals surface area contributed by atoms with E-state index in [1.54, 1.807) is 19.2 Å². The van der Waals surface area contributed by atoms with Crippen LogP contribution in [0.25, 0.3) is 4.91 Å². The molecule has 178 valence electrons. The monoisotopic (exact) mass is 477 g/mol. The Bertz CT molecular complexity index is 1140. The van der Waals surface area contributed by atoms with E-state index in [1.165, 1.54) is 22.9 Å². The van der Waals surface area contributed by atoms with Crippen molar-refractivity contribution >= 4 is 27.6 Å². The normalized spacial score (nSPS) is 13.8. The van der Waals surface area contributed by atoms with Crippen molar-refractivity contribution in [3.05, 3.63) is 70.8 Å². The van der Waals surface area contributed by atoms with E-state index in [2.05, 4.69) is 40.1 Å². The van der Waals surface area contributed by atoms with Crippen molar-refractivity contribution in [3.8, 4) is 11.8 Å². The summed E-state index contributed by atoms with van der Waals surface area (Å²) >= 11 is 1.39. The van der Waals surface area contributed by atoms with Crippen molar-refractivity contribution in [1.29, 1.82) is 5.26 Å². The summed E-state index contributed by atoms with van der Waals surface area (Å²) < 4.78 is 5.72. The zero-order valence-electron chi connectivity index (χ0n) is 19.9. The molecule has 3 N–H and O–H groups in total. The van der Waals surface area contributed by atoms with E-state index in [0.717, 1.165) is 42.1 Å². The number of nitrogens with one attached hydrogen (secondary N) is 1. The Morgan fingerprint density at radius 1 is 1.38 bits per heavy atom. The number of fused-ring (bicyclic) bond motifs is 1. The van der Waals surface area contributed by atoms with Gasteiger partial charge in [-0.2, -0.15) is 10.4 Å². The second kappa shape index (κ2) is 11.7. The Kier molecular flexibility index (Phi) is 8.74. The number of nitriles is 1. The van der Waals surface area contributed by atoms with Gasteiger partial charge < -0.3 is 15.9 Å². The molecule has 0 aliphatic carbocycles. The highest BCUT2D eigenvalue weighted by molar-refractivity contribution is 8.22. The van der Waals surface area contributed by atoms with Gasteiger partial charge in [0.1, 0.15) is 16.9 Å². The SMILES string of the molecule is C=C(S/C(=N\N)c1ccc(OC(C)C)c(C#N)c1)c1cccc2c1CCN(CCC(=O)NC)C2. The molecule has 3 rings (SSSR count). The molecule has 1 aliphatic rings. The van der Waals surface area contributed by atoms with Crippen molar-refractivity contribution < 1.29 is 9.53 Å². The zero-order valence-corrected chi connectivity index (χ0v) is 20.7. The Labute approximate surface area is 205 Å². The number of carbonyl (C=O) groups is 1. The van der Waals surface area contributed by atoms with Crippen LogP contribution >= 0.6 is 11.8 Å². The zero-order chi connectivity index (χ0) is 24.7. The van der Waals surface area contributed by atoms with E-state index in [-0.39, 0.29) is 12.0 Å². The van der Waals surface area contributed by atoms with Crippen molar-refractivity contribution in [2.45, 2.75) is 39.3 Å². The molecule has 0 saturated carbocycles. The third-order valence-corrected chi connectivity index (χ3v) is 6.63.